The lowest BCUT2D eigenvalue weighted by molar-refractivity contribution is -0.935. The van der Waals surface area contributed by atoms with Crippen LogP contribution in [0, 0.1) is 0 Å². The number of hydrogen-bond donors (Lipinski definition) is 0. The topological polar surface area (TPSA) is 9.23 Å². The Balaban J connectivity index is 0.000000494. The van der Waals surface area contributed by atoms with Crippen LogP contribution in [-0.4, -0.2) is 52.4 Å². The summed E-state index contributed by atoms with van der Waals surface area (Å²) in [6.45, 7) is 10.3. The fourth-order valence-corrected chi connectivity index (χ4v) is 2.30. The first-order chi connectivity index (χ1) is 8.33. The molecule has 18 heavy (non-hydrogen) atoms. The van der Waals surface area contributed by atoms with Crippen molar-refractivity contribution in [1.29, 1.82) is 0 Å². The molecule has 2 nitrogen and oxygen atoms in total. The minimum atomic E-state index is -6.83. The number of likely N-dealkylation sites (tertiary alicyclic amines) is 1. The molecule has 1 aliphatic heterocycles. The van der Waals surface area contributed by atoms with Crippen LogP contribution in [0.15, 0.2) is 0 Å². The third-order valence-electron chi connectivity index (χ3n) is 2.93. The van der Waals surface area contributed by atoms with Gasteiger partial charge in [0.1, 0.15) is 0 Å². The number of hydrogen-bond acceptors (Lipinski definition) is 1. The molecule has 1 fully saturated rings. The highest BCUT2D eigenvalue weighted by Crippen LogP contribution is 2.19. The van der Waals surface area contributed by atoms with Gasteiger partial charge in [-0.3, -0.25) is 0 Å². The van der Waals surface area contributed by atoms with Gasteiger partial charge in [0.15, 0.2) is 6.73 Å². The van der Waals surface area contributed by atoms with E-state index in [1.165, 1.54) is 43.4 Å². The Kier molecular flexibility index (Phi) is 9.22. The summed E-state index contributed by atoms with van der Waals surface area (Å²) in [6.07, 6.45) is 5.23. The Labute approximate surface area is 111 Å². The monoisotopic (exact) mass is 289 g/mol. The van der Waals surface area contributed by atoms with Crippen LogP contribution in [0.1, 0.15) is 39.5 Å². The zero-order valence-electron chi connectivity index (χ0n) is 11.3. The van der Waals surface area contributed by atoms with Crippen LogP contribution in [0.4, 0.5) is 14.1 Å². The van der Waals surface area contributed by atoms with E-state index < -0.39 is 14.9 Å². The van der Waals surface area contributed by atoms with Crippen LogP contribution >= 0.6 is 0 Å². The second kappa shape index (κ2) is 9.14. The minimum Gasteiger partial charge on any atom is -0.510 e. The van der Waals surface area contributed by atoms with Crippen molar-refractivity contribution in [3.8, 4) is 0 Å². The maximum Gasteiger partial charge on any atom is 1.04 e. The molecule has 1 heterocycles. The molecule has 0 atom stereocenters. The third kappa shape index (κ3) is 10.1. The first-order valence-electron chi connectivity index (χ1n) is 6.63. The second-order valence-electron chi connectivity index (χ2n) is 4.75. The quantitative estimate of drug-likeness (QED) is 0.313. The van der Waals surface area contributed by atoms with Gasteiger partial charge in [0.25, 0.3) is 0 Å². The van der Waals surface area contributed by atoms with Crippen LogP contribution in [0.25, 0.3) is 0 Å². The summed E-state index contributed by atoms with van der Waals surface area (Å²) >= 11 is -6.83. The standard InChI is InChI=1S/C11H24NO.Al.4FH/c1-3-7-12(8-5-6-9-12)11-13-10-4-2;;;;;/h3-11H2,1-2H3;;4*1H/q+1;+3;;;;/p-4. The van der Waals surface area contributed by atoms with E-state index in [2.05, 4.69) is 13.8 Å². The summed E-state index contributed by atoms with van der Waals surface area (Å²) in [5.41, 5.74) is 0. The average molecular weight is 289 g/mol. The Morgan fingerprint density at radius 1 is 1.00 bits per heavy atom. The summed E-state index contributed by atoms with van der Waals surface area (Å²) < 4.78 is 46.3. The van der Waals surface area contributed by atoms with E-state index in [0.29, 0.717) is 0 Å². The highest BCUT2D eigenvalue weighted by molar-refractivity contribution is 6.50. The van der Waals surface area contributed by atoms with Crippen molar-refractivity contribution in [1.82, 2.24) is 0 Å². The number of rotatable bonds is 6. The highest BCUT2D eigenvalue weighted by Gasteiger charge is 2.41. The first kappa shape index (κ1) is 18.2. The SMILES string of the molecule is CCCOC[N+]1(CCC)CCCC1.[F][Al-]([F])([F])[F]. The summed E-state index contributed by atoms with van der Waals surface area (Å²) in [4.78, 5) is 0. The summed E-state index contributed by atoms with van der Waals surface area (Å²) in [5.74, 6) is 0. The van der Waals surface area contributed by atoms with E-state index in [9.17, 15) is 14.1 Å². The van der Waals surface area contributed by atoms with E-state index in [0.717, 1.165) is 19.8 Å². The number of nitrogens with zero attached hydrogens (tertiary/aromatic N) is 1. The maximum absolute atomic E-state index is 9.85. The van der Waals surface area contributed by atoms with Gasteiger partial charge >= 0.3 is 14.9 Å². The van der Waals surface area contributed by atoms with Gasteiger partial charge in [-0.05, 0) is 12.8 Å². The van der Waals surface area contributed by atoms with Crippen LogP contribution in [-0.2, 0) is 4.74 Å². The Bertz CT molecular complexity index is 202. The molecular formula is C11H24AlF4NO. The highest BCUT2D eigenvalue weighted by atomic mass is 27.5. The molecule has 0 saturated carbocycles. The fraction of sp³-hybridized carbons (Fsp3) is 1.00. The molecule has 0 bridgehead atoms. The average Bonchev–Trinajstić information content (AvgIpc) is 2.65. The second-order valence-corrected chi connectivity index (χ2v) is 5.74. The van der Waals surface area contributed by atoms with Gasteiger partial charge in [-0.2, -0.15) is 0 Å². The minimum absolute atomic E-state index is 0.934. The lowest BCUT2D eigenvalue weighted by atomic mass is 10.4. The molecule has 0 aromatic carbocycles. The van der Waals surface area contributed by atoms with Gasteiger partial charge in [-0.25, -0.2) is 0 Å². The molecule has 0 radical (unpaired) electrons. The molecule has 0 N–H and O–H groups in total. The van der Waals surface area contributed by atoms with Crippen LogP contribution in [0.2, 0.25) is 0 Å². The fourth-order valence-electron chi connectivity index (χ4n) is 2.30. The van der Waals surface area contributed by atoms with Gasteiger partial charge in [0, 0.05) is 12.8 Å². The zero-order valence-corrected chi connectivity index (χ0v) is 12.5. The van der Waals surface area contributed by atoms with Crippen molar-refractivity contribution < 1.29 is 23.3 Å². The molecule has 0 spiro atoms. The molecule has 110 valence electrons. The Hall–Kier alpha value is 0.172. The molecule has 0 unspecified atom stereocenters. The van der Waals surface area contributed by atoms with Crippen molar-refractivity contribution in [2.45, 2.75) is 39.5 Å². The smallest absolute Gasteiger partial charge is 0.510 e. The predicted octanol–water partition coefficient (Wildman–Crippen LogP) is 3.69. The number of quaternary nitrogens is 1. The lowest BCUT2D eigenvalue weighted by Crippen LogP contribution is -2.47. The van der Waals surface area contributed by atoms with E-state index >= 15 is 0 Å². The van der Waals surface area contributed by atoms with Crippen LogP contribution < -0.4 is 0 Å². The van der Waals surface area contributed by atoms with Gasteiger partial charge in [0.05, 0.1) is 26.2 Å². The summed E-state index contributed by atoms with van der Waals surface area (Å²) in [5, 5.41) is 0. The van der Waals surface area contributed by atoms with Crippen LogP contribution in [0.3, 0.4) is 0 Å². The van der Waals surface area contributed by atoms with Gasteiger partial charge < -0.3 is 23.3 Å². The molecule has 1 rings (SSSR count). The molecule has 0 aliphatic carbocycles. The number of ether oxygens (including phenoxy) is 1. The van der Waals surface area contributed by atoms with Gasteiger partial charge in [-0.15, -0.1) is 0 Å². The predicted molar refractivity (Wildman–Crippen MR) is 65.7 cm³/mol. The van der Waals surface area contributed by atoms with Gasteiger partial charge in [0.2, 0.25) is 0 Å². The van der Waals surface area contributed by atoms with Crippen molar-refractivity contribution in [2.75, 3.05) is 33.0 Å². The van der Waals surface area contributed by atoms with E-state index in [-0.39, 0.29) is 0 Å². The van der Waals surface area contributed by atoms with Crippen molar-refractivity contribution >= 4 is 14.9 Å². The molecule has 1 saturated heterocycles. The third-order valence-corrected chi connectivity index (χ3v) is 2.93. The van der Waals surface area contributed by atoms with E-state index in [4.69, 9.17) is 4.74 Å². The normalized spacial score (nSPS) is 18.3. The Morgan fingerprint density at radius 2 is 1.50 bits per heavy atom. The van der Waals surface area contributed by atoms with E-state index in [1.54, 1.807) is 0 Å². The zero-order chi connectivity index (χ0) is 14.1. The molecule has 1 aliphatic rings. The summed E-state index contributed by atoms with van der Waals surface area (Å²) in [7, 11) is 0. The van der Waals surface area contributed by atoms with Crippen molar-refractivity contribution in [3.05, 3.63) is 0 Å². The van der Waals surface area contributed by atoms with Crippen molar-refractivity contribution in [3.63, 3.8) is 0 Å². The Morgan fingerprint density at radius 3 is 1.89 bits per heavy atom. The lowest BCUT2D eigenvalue weighted by Gasteiger charge is -2.33. The van der Waals surface area contributed by atoms with E-state index in [1.807, 2.05) is 0 Å². The summed E-state index contributed by atoms with van der Waals surface area (Å²) in [6, 6.07) is 0. The molecule has 0 aromatic heterocycles. The van der Waals surface area contributed by atoms with Crippen LogP contribution in [0.5, 0.6) is 0 Å². The molecule has 0 amide bonds. The number of halogens is 4. The molecular weight excluding hydrogens is 265 g/mol. The molecule has 7 heteroatoms. The van der Waals surface area contributed by atoms with Crippen molar-refractivity contribution in [2.24, 2.45) is 0 Å². The first-order valence-corrected chi connectivity index (χ1v) is 8.38. The van der Waals surface area contributed by atoms with Gasteiger partial charge in [-0.1, -0.05) is 13.8 Å². The molecule has 0 aromatic rings. The maximum atomic E-state index is 9.85. The largest absolute Gasteiger partial charge is 1.04 e.